The monoisotopic (exact) mass is 231 g/mol. The topological polar surface area (TPSA) is 69.6 Å². The molecule has 90 valence electrons. The minimum atomic E-state index is -0.0922. The van der Waals surface area contributed by atoms with Crippen molar-refractivity contribution in [2.24, 2.45) is 5.73 Å². The number of hydrogen-bond donors (Lipinski definition) is 1. The second-order valence-electron chi connectivity index (χ2n) is 4.31. The third-order valence-corrected chi connectivity index (χ3v) is 2.65. The Labute approximate surface area is 101 Å². The Morgan fingerprint density at radius 1 is 1.41 bits per heavy atom. The number of pyridine rings is 1. The van der Waals surface area contributed by atoms with E-state index in [1.165, 1.54) is 0 Å². The van der Waals surface area contributed by atoms with Crippen molar-refractivity contribution in [3.05, 3.63) is 42.2 Å². The molecule has 1 atom stereocenters. The fourth-order valence-electron chi connectivity index (χ4n) is 1.76. The van der Waals surface area contributed by atoms with Crippen LogP contribution in [-0.4, -0.2) is 19.7 Å². The first kappa shape index (κ1) is 11.7. The van der Waals surface area contributed by atoms with Gasteiger partial charge in [-0.15, -0.1) is 0 Å². The minimum Gasteiger partial charge on any atom is -0.324 e. The maximum absolute atomic E-state index is 6.13. The van der Waals surface area contributed by atoms with Crippen LogP contribution < -0.4 is 5.73 Å². The molecule has 5 heteroatoms. The van der Waals surface area contributed by atoms with Gasteiger partial charge in [-0.1, -0.05) is 6.07 Å². The highest BCUT2D eigenvalue weighted by molar-refractivity contribution is 5.14. The van der Waals surface area contributed by atoms with Gasteiger partial charge in [0.25, 0.3) is 0 Å². The molecule has 0 aliphatic rings. The highest BCUT2D eigenvalue weighted by Crippen LogP contribution is 2.15. The van der Waals surface area contributed by atoms with Gasteiger partial charge in [-0.3, -0.25) is 4.98 Å². The van der Waals surface area contributed by atoms with E-state index in [1.807, 2.05) is 16.8 Å². The van der Waals surface area contributed by atoms with E-state index < -0.39 is 0 Å². The molecule has 2 aromatic rings. The minimum absolute atomic E-state index is 0.0922. The van der Waals surface area contributed by atoms with Crippen molar-refractivity contribution < 1.29 is 0 Å². The summed E-state index contributed by atoms with van der Waals surface area (Å²) in [5.74, 6) is 0.913. The largest absolute Gasteiger partial charge is 0.324 e. The Morgan fingerprint density at radius 2 is 2.24 bits per heavy atom. The summed E-state index contributed by atoms with van der Waals surface area (Å²) in [5, 5.41) is 4.20. The third kappa shape index (κ3) is 2.68. The average Bonchev–Trinajstić information content (AvgIpc) is 2.78. The summed E-state index contributed by atoms with van der Waals surface area (Å²) >= 11 is 0. The molecule has 1 unspecified atom stereocenters. The van der Waals surface area contributed by atoms with Gasteiger partial charge in [0.1, 0.15) is 12.2 Å². The Bertz CT molecular complexity index is 463. The highest BCUT2D eigenvalue weighted by atomic mass is 15.3. The van der Waals surface area contributed by atoms with Gasteiger partial charge < -0.3 is 5.73 Å². The lowest BCUT2D eigenvalue weighted by Crippen LogP contribution is -2.18. The molecule has 0 saturated carbocycles. The summed E-state index contributed by atoms with van der Waals surface area (Å²) in [6.45, 7) is 4.15. The molecule has 0 radical (unpaired) electrons. The summed E-state index contributed by atoms with van der Waals surface area (Å²) < 4.78 is 1.90. The predicted molar refractivity (Wildman–Crippen MR) is 65.3 cm³/mol. The molecule has 0 aliphatic carbocycles. The third-order valence-electron chi connectivity index (χ3n) is 2.65. The molecule has 0 bridgehead atoms. The summed E-state index contributed by atoms with van der Waals surface area (Å²) in [7, 11) is 0. The van der Waals surface area contributed by atoms with Gasteiger partial charge in [0.15, 0.2) is 0 Å². The summed E-state index contributed by atoms with van der Waals surface area (Å²) in [6, 6.07) is 4.08. The quantitative estimate of drug-likeness (QED) is 0.865. The fraction of sp³-hybridized carbons (Fsp3) is 0.417. The predicted octanol–water partition coefficient (Wildman–Crippen LogP) is 1.50. The molecule has 0 fully saturated rings. The van der Waals surface area contributed by atoms with Crippen LogP contribution in [0.2, 0.25) is 0 Å². The number of aromatic nitrogens is 4. The van der Waals surface area contributed by atoms with Crippen LogP contribution in [0.5, 0.6) is 0 Å². The summed E-state index contributed by atoms with van der Waals surface area (Å²) in [6.07, 6.45) is 5.78. The van der Waals surface area contributed by atoms with E-state index in [9.17, 15) is 0 Å². The molecule has 0 amide bonds. The van der Waals surface area contributed by atoms with Crippen molar-refractivity contribution in [1.29, 1.82) is 0 Å². The molecule has 0 saturated heterocycles. The average molecular weight is 231 g/mol. The molecule has 2 N–H and O–H groups in total. The Balaban J connectivity index is 2.13. The molecule has 0 aromatic carbocycles. The van der Waals surface area contributed by atoms with Crippen LogP contribution in [0.1, 0.15) is 37.3 Å². The maximum Gasteiger partial charge on any atom is 0.138 e. The number of hydrogen-bond acceptors (Lipinski definition) is 4. The van der Waals surface area contributed by atoms with E-state index >= 15 is 0 Å². The van der Waals surface area contributed by atoms with Gasteiger partial charge in [0.2, 0.25) is 0 Å². The molecule has 2 aromatic heterocycles. The van der Waals surface area contributed by atoms with Crippen LogP contribution in [0.15, 0.2) is 30.9 Å². The molecule has 17 heavy (non-hydrogen) atoms. The molecule has 0 aliphatic heterocycles. The van der Waals surface area contributed by atoms with Crippen molar-refractivity contribution in [1.82, 2.24) is 19.7 Å². The van der Waals surface area contributed by atoms with E-state index in [0.717, 1.165) is 11.4 Å². The molecule has 5 nitrogen and oxygen atoms in total. The molecule has 2 rings (SSSR count). The SMILES string of the molecule is CC(C)n1ncnc1CC(N)c1cccnc1. The Hall–Kier alpha value is -1.75. The van der Waals surface area contributed by atoms with E-state index in [4.69, 9.17) is 5.73 Å². The molecule has 0 spiro atoms. The number of nitrogens with two attached hydrogens (primary N) is 1. The van der Waals surface area contributed by atoms with Crippen molar-refractivity contribution in [2.75, 3.05) is 0 Å². The van der Waals surface area contributed by atoms with E-state index in [1.54, 1.807) is 18.7 Å². The molecular formula is C12H17N5. The van der Waals surface area contributed by atoms with Crippen LogP contribution in [0.3, 0.4) is 0 Å². The zero-order valence-electron chi connectivity index (χ0n) is 10.1. The Kier molecular flexibility index (Phi) is 3.49. The standard InChI is InChI=1S/C12H17N5/c1-9(2)17-12(15-8-16-17)6-11(13)10-4-3-5-14-7-10/h3-5,7-9,11H,6,13H2,1-2H3. The number of nitrogens with zero attached hydrogens (tertiary/aromatic N) is 4. The van der Waals surface area contributed by atoms with Crippen LogP contribution in [0.4, 0.5) is 0 Å². The van der Waals surface area contributed by atoms with Crippen molar-refractivity contribution in [3.8, 4) is 0 Å². The molecular weight excluding hydrogens is 214 g/mol. The first-order valence-corrected chi connectivity index (χ1v) is 5.72. The van der Waals surface area contributed by atoms with Gasteiger partial charge in [-0.05, 0) is 25.5 Å². The second kappa shape index (κ2) is 5.05. The normalized spacial score (nSPS) is 12.9. The van der Waals surface area contributed by atoms with Gasteiger partial charge in [-0.25, -0.2) is 9.67 Å². The second-order valence-corrected chi connectivity index (χ2v) is 4.31. The van der Waals surface area contributed by atoms with Gasteiger partial charge in [0, 0.05) is 30.9 Å². The molecule has 2 heterocycles. The number of rotatable bonds is 4. The lowest BCUT2D eigenvalue weighted by molar-refractivity contribution is 0.493. The van der Waals surface area contributed by atoms with E-state index in [2.05, 4.69) is 28.9 Å². The van der Waals surface area contributed by atoms with Crippen molar-refractivity contribution in [2.45, 2.75) is 32.4 Å². The van der Waals surface area contributed by atoms with Crippen LogP contribution in [0, 0.1) is 0 Å². The fourth-order valence-corrected chi connectivity index (χ4v) is 1.76. The van der Waals surface area contributed by atoms with Crippen LogP contribution in [0.25, 0.3) is 0 Å². The smallest absolute Gasteiger partial charge is 0.138 e. The summed E-state index contributed by atoms with van der Waals surface area (Å²) in [4.78, 5) is 8.32. The zero-order valence-corrected chi connectivity index (χ0v) is 10.1. The maximum atomic E-state index is 6.13. The van der Waals surface area contributed by atoms with Crippen molar-refractivity contribution in [3.63, 3.8) is 0 Å². The first-order chi connectivity index (χ1) is 8.18. The highest BCUT2D eigenvalue weighted by Gasteiger charge is 2.13. The van der Waals surface area contributed by atoms with Crippen LogP contribution >= 0.6 is 0 Å². The first-order valence-electron chi connectivity index (χ1n) is 5.72. The lowest BCUT2D eigenvalue weighted by Gasteiger charge is -2.13. The van der Waals surface area contributed by atoms with Crippen molar-refractivity contribution >= 4 is 0 Å². The lowest BCUT2D eigenvalue weighted by atomic mass is 10.1. The van der Waals surface area contributed by atoms with Gasteiger partial charge in [0.05, 0.1) is 0 Å². The Morgan fingerprint density at radius 3 is 2.88 bits per heavy atom. The van der Waals surface area contributed by atoms with Gasteiger partial charge >= 0.3 is 0 Å². The van der Waals surface area contributed by atoms with E-state index in [0.29, 0.717) is 12.5 Å². The van der Waals surface area contributed by atoms with Gasteiger partial charge in [-0.2, -0.15) is 5.10 Å². The summed E-state index contributed by atoms with van der Waals surface area (Å²) in [5.41, 5.74) is 7.15. The van der Waals surface area contributed by atoms with E-state index in [-0.39, 0.29) is 6.04 Å². The van der Waals surface area contributed by atoms with Crippen LogP contribution in [-0.2, 0) is 6.42 Å². The zero-order chi connectivity index (χ0) is 12.3.